The Morgan fingerprint density at radius 1 is 0.852 bits per heavy atom. The van der Waals surface area contributed by atoms with Crippen LogP contribution in [0.2, 0.25) is 0 Å². The van der Waals surface area contributed by atoms with E-state index in [4.69, 9.17) is 4.74 Å². The van der Waals surface area contributed by atoms with Crippen LogP contribution in [0, 0.1) is 5.92 Å². The lowest BCUT2D eigenvalue weighted by Gasteiger charge is -2.34. The summed E-state index contributed by atoms with van der Waals surface area (Å²) in [5.74, 6) is 0.320. The summed E-state index contributed by atoms with van der Waals surface area (Å²) in [6.07, 6.45) is -0.289. The fraction of sp³-hybridized carbons (Fsp3) is 0.364. The van der Waals surface area contributed by atoms with Crippen molar-refractivity contribution in [3.05, 3.63) is 60.2 Å². The van der Waals surface area contributed by atoms with E-state index in [2.05, 4.69) is 12.1 Å². The van der Waals surface area contributed by atoms with Crippen molar-refractivity contribution in [2.75, 3.05) is 32.8 Å². The van der Waals surface area contributed by atoms with Gasteiger partial charge in [0.1, 0.15) is 0 Å². The zero-order valence-electron chi connectivity index (χ0n) is 15.9. The lowest BCUT2D eigenvalue weighted by Crippen LogP contribution is -2.50. The minimum atomic E-state index is -0.289. The van der Waals surface area contributed by atoms with E-state index >= 15 is 0 Å². The van der Waals surface area contributed by atoms with Gasteiger partial charge in [0.2, 0.25) is 0 Å². The number of ether oxygens (including phenoxy) is 1. The number of amides is 2. The quantitative estimate of drug-likeness (QED) is 0.824. The fourth-order valence-corrected chi connectivity index (χ4v) is 3.04. The first kappa shape index (κ1) is 19.0. The first-order valence-corrected chi connectivity index (χ1v) is 9.41. The molecule has 2 amide bonds. The summed E-state index contributed by atoms with van der Waals surface area (Å²) in [7, 11) is 0. The van der Waals surface area contributed by atoms with Crippen molar-refractivity contribution in [1.29, 1.82) is 0 Å². The van der Waals surface area contributed by atoms with Crippen LogP contribution in [0.15, 0.2) is 54.6 Å². The lowest BCUT2D eigenvalue weighted by atomic mass is 10.0. The summed E-state index contributed by atoms with van der Waals surface area (Å²) in [5.41, 5.74) is 2.89. The van der Waals surface area contributed by atoms with Crippen LogP contribution < -0.4 is 0 Å². The van der Waals surface area contributed by atoms with Crippen LogP contribution in [0.25, 0.3) is 11.1 Å². The van der Waals surface area contributed by atoms with Gasteiger partial charge in [-0.1, -0.05) is 56.3 Å². The highest BCUT2D eigenvalue weighted by atomic mass is 16.6. The highest BCUT2D eigenvalue weighted by Crippen LogP contribution is 2.20. The number of carbonyl (C=O) groups is 2. The third-order valence-corrected chi connectivity index (χ3v) is 4.60. The van der Waals surface area contributed by atoms with Crippen molar-refractivity contribution in [2.24, 2.45) is 5.92 Å². The molecule has 5 heteroatoms. The summed E-state index contributed by atoms with van der Waals surface area (Å²) in [6.45, 7) is 6.49. The van der Waals surface area contributed by atoms with Crippen LogP contribution in [0.5, 0.6) is 0 Å². The smallest absolute Gasteiger partial charge is 0.409 e. The molecule has 1 aliphatic rings. The monoisotopic (exact) mass is 366 g/mol. The zero-order valence-corrected chi connectivity index (χ0v) is 15.9. The molecule has 2 aromatic carbocycles. The summed E-state index contributed by atoms with van der Waals surface area (Å²) in [4.78, 5) is 28.2. The molecular weight excluding hydrogens is 340 g/mol. The molecule has 1 fully saturated rings. The Hall–Kier alpha value is -2.82. The van der Waals surface area contributed by atoms with Crippen molar-refractivity contribution in [2.45, 2.75) is 13.8 Å². The third-order valence-electron chi connectivity index (χ3n) is 4.60. The normalized spacial score (nSPS) is 14.3. The predicted octanol–water partition coefficient (Wildman–Crippen LogP) is 3.90. The van der Waals surface area contributed by atoms with E-state index < -0.39 is 0 Å². The van der Waals surface area contributed by atoms with Crippen molar-refractivity contribution < 1.29 is 14.3 Å². The van der Waals surface area contributed by atoms with E-state index in [9.17, 15) is 9.59 Å². The summed E-state index contributed by atoms with van der Waals surface area (Å²) < 4.78 is 5.26. The Labute approximate surface area is 160 Å². The number of carbonyl (C=O) groups excluding carboxylic acids is 2. The molecule has 0 atom stereocenters. The van der Waals surface area contributed by atoms with E-state index in [-0.39, 0.29) is 12.0 Å². The van der Waals surface area contributed by atoms with Gasteiger partial charge < -0.3 is 14.5 Å². The third kappa shape index (κ3) is 4.88. The summed E-state index contributed by atoms with van der Waals surface area (Å²) in [5, 5.41) is 0. The van der Waals surface area contributed by atoms with Gasteiger partial charge in [0.15, 0.2) is 0 Å². The minimum absolute atomic E-state index is 0.00445. The number of piperazine rings is 1. The Morgan fingerprint density at radius 3 is 2.00 bits per heavy atom. The molecule has 0 spiro atoms. The second-order valence-electron chi connectivity index (χ2n) is 7.19. The predicted molar refractivity (Wildman–Crippen MR) is 106 cm³/mol. The molecular formula is C22H26N2O3. The van der Waals surface area contributed by atoms with Gasteiger partial charge in [-0.25, -0.2) is 4.79 Å². The molecule has 0 radical (unpaired) electrons. The highest BCUT2D eigenvalue weighted by Gasteiger charge is 2.25. The van der Waals surface area contributed by atoms with Gasteiger partial charge in [0.25, 0.3) is 5.91 Å². The molecule has 142 valence electrons. The molecule has 2 aromatic rings. The van der Waals surface area contributed by atoms with Gasteiger partial charge >= 0.3 is 6.09 Å². The van der Waals surface area contributed by atoms with E-state index in [1.54, 1.807) is 9.80 Å². The second kappa shape index (κ2) is 8.71. The molecule has 3 rings (SSSR count). The lowest BCUT2D eigenvalue weighted by molar-refractivity contribution is 0.0535. The van der Waals surface area contributed by atoms with Crippen LogP contribution in [-0.4, -0.2) is 54.6 Å². The number of hydrogen-bond acceptors (Lipinski definition) is 3. The van der Waals surface area contributed by atoms with Gasteiger partial charge in [-0.05, 0) is 29.2 Å². The van der Waals surface area contributed by atoms with E-state index in [1.165, 1.54) is 0 Å². The van der Waals surface area contributed by atoms with Gasteiger partial charge in [-0.2, -0.15) is 0 Å². The first-order chi connectivity index (χ1) is 13.0. The van der Waals surface area contributed by atoms with Gasteiger partial charge in [0, 0.05) is 31.7 Å². The number of benzene rings is 2. The first-order valence-electron chi connectivity index (χ1n) is 9.41. The second-order valence-corrected chi connectivity index (χ2v) is 7.19. The van der Waals surface area contributed by atoms with Gasteiger partial charge in [-0.3, -0.25) is 4.79 Å². The van der Waals surface area contributed by atoms with Crippen LogP contribution in [0.4, 0.5) is 4.79 Å². The van der Waals surface area contributed by atoms with E-state index in [0.29, 0.717) is 44.3 Å². The molecule has 0 aliphatic carbocycles. The van der Waals surface area contributed by atoms with Crippen molar-refractivity contribution >= 4 is 12.0 Å². The maximum absolute atomic E-state index is 12.7. The largest absolute Gasteiger partial charge is 0.449 e. The maximum Gasteiger partial charge on any atom is 0.409 e. The molecule has 27 heavy (non-hydrogen) atoms. The van der Waals surface area contributed by atoms with Crippen molar-refractivity contribution in [3.63, 3.8) is 0 Å². The molecule has 0 unspecified atom stereocenters. The Bertz CT molecular complexity index is 764. The van der Waals surface area contributed by atoms with E-state index in [0.717, 1.165) is 11.1 Å². The SMILES string of the molecule is CC(C)COC(=O)N1CCN(C(=O)c2ccc(-c3ccccc3)cc2)CC1. The molecule has 0 saturated carbocycles. The van der Waals surface area contributed by atoms with Crippen molar-refractivity contribution in [1.82, 2.24) is 9.80 Å². The van der Waals surface area contributed by atoms with Gasteiger partial charge in [-0.15, -0.1) is 0 Å². The molecule has 5 nitrogen and oxygen atoms in total. The molecule has 0 bridgehead atoms. The standard InChI is InChI=1S/C22H26N2O3/c1-17(2)16-27-22(26)24-14-12-23(13-15-24)21(25)20-10-8-19(9-11-20)18-6-4-3-5-7-18/h3-11,17H,12-16H2,1-2H3. The maximum atomic E-state index is 12.7. The summed E-state index contributed by atoms with van der Waals surface area (Å²) in [6, 6.07) is 17.8. The number of hydrogen-bond donors (Lipinski definition) is 0. The number of rotatable bonds is 4. The minimum Gasteiger partial charge on any atom is -0.449 e. The molecule has 1 heterocycles. The highest BCUT2D eigenvalue weighted by molar-refractivity contribution is 5.94. The molecule has 0 aromatic heterocycles. The number of nitrogens with zero attached hydrogens (tertiary/aromatic N) is 2. The van der Waals surface area contributed by atoms with Crippen LogP contribution in [0.1, 0.15) is 24.2 Å². The topological polar surface area (TPSA) is 49.9 Å². The van der Waals surface area contributed by atoms with Crippen LogP contribution in [0.3, 0.4) is 0 Å². The van der Waals surface area contributed by atoms with E-state index in [1.807, 2.05) is 56.3 Å². The fourth-order valence-electron chi connectivity index (χ4n) is 3.04. The average Bonchev–Trinajstić information content (AvgIpc) is 2.72. The van der Waals surface area contributed by atoms with Crippen molar-refractivity contribution in [3.8, 4) is 11.1 Å². The Balaban J connectivity index is 1.55. The Kier molecular flexibility index (Phi) is 6.12. The van der Waals surface area contributed by atoms with Gasteiger partial charge in [0.05, 0.1) is 6.61 Å². The zero-order chi connectivity index (χ0) is 19.2. The molecule has 1 aliphatic heterocycles. The van der Waals surface area contributed by atoms with Crippen LogP contribution in [-0.2, 0) is 4.74 Å². The average molecular weight is 366 g/mol. The Morgan fingerprint density at radius 2 is 1.41 bits per heavy atom. The summed E-state index contributed by atoms with van der Waals surface area (Å²) >= 11 is 0. The molecule has 1 saturated heterocycles. The molecule has 0 N–H and O–H groups in total. The van der Waals surface area contributed by atoms with Crippen LogP contribution >= 0.6 is 0 Å².